The van der Waals surface area contributed by atoms with E-state index in [0.717, 1.165) is 11.0 Å². The van der Waals surface area contributed by atoms with Crippen molar-refractivity contribution in [3.63, 3.8) is 0 Å². The van der Waals surface area contributed by atoms with E-state index in [1.54, 1.807) is 6.92 Å². The molecular weight excluding hydrogens is 396 g/mol. The van der Waals surface area contributed by atoms with E-state index in [2.05, 4.69) is 20.5 Å². The zero-order valence-electron chi connectivity index (χ0n) is 15.4. The van der Waals surface area contributed by atoms with Crippen LogP contribution in [0, 0.1) is 10.1 Å². The van der Waals surface area contributed by atoms with Crippen LogP contribution in [0.2, 0.25) is 0 Å². The second-order valence-corrected chi connectivity index (χ2v) is 7.46. The standard InChI is InChI=1S/C18H16N6O4S/c1-10(16(25)19-13-9-11(24(26)27)7-8-15(13)28-2)29-18-22-21-17-20-12-5-3-4-6-14(12)23(17)18/h3-10H,1-2H3,(H,19,25)(H,20,21)/t10-/m0/s1. The number of hydrogen-bond acceptors (Lipinski definition) is 7. The maximum atomic E-state index is 12.7. The van der Waals surface area contributed by atoms with Gasteiger partial charge in [-0.05, 0) is 25.1 Å². The molecule has 2 heterocycles. The number of carbonyl (C=O) groups is 1. The minimum absolute atomic E-state index is 0.139. The van der Waals surface area contributed by atoms with Crippen molar-refractivity contribution in [3.8, 4) is 5.75 Å². The third-order valence-electron chi connectivity index (χ3n) is 4.31. The number of para-hydroxylation sites is 2. The summed E-state index contributed by atoms with van der Waals surface area (Å²) in [6.07, 6.45) is 0. The fourth-order valence-electron chi connectivity index (χ4n) is 2.87. The smallest absolute Gasteiger partial charge is 0.271 e. The number of imidazole rings is 1. The highest BCUT2D eigenvalue weighted by Gasteiger charge is 2.21. The molecule has 4 aromatic rings. The summed E-state index contributed by atoms with van der Waals surface area (Å²) in [6, 6.07) is 11.7. The minimum atomic E-state index is -0.536. The number of aromatic nitrogens is 4. The Hall–Kier alpha value is -3.60. The number of hydrogen-bond donors (Lipinski definition) is 2. The molecule has 0 unspecified atom stereocenters. The monoisotopic (exact) mass is 412 g/mol. The molecule has 4 rings (SSSR count). The summed E-state index contributed by atoms with van der Waals surface area (Å²) in [7, 11) is 1.43. The number of nitrogens with one attached hydrogen (secondary N) is 2. The average molecular weight is 412 g/mol. The fraction of sp³-hybridized carbons (Fsp3) is 0.167. The van der Waals surface area contributed by atoms with Gasteiger partial charge in [-0.15, -0.1) is 5.10 Å². The predicted octanol–water partition coefficient (Wildman–Crippen LogP) is 3.25. The van der Waals surface area contributed by atoms with Crippen molar-refractivity contribution >= 4 is 45.9 Å². The van der Waals surface area contributed by atoms with Gasteiger partial charge in [-0.3, -0.25) is 19.3 Å². The van der Waals surface area contributed by atoms with Crippen LogP contribution >= 0.6 is 11.8 Å². The van der Waals surface area contributed by atoms with Crippen LogP contribution in [0.1, 0.15) is 6.92 Å². The molecule has 11 heteroatoms. The highest BCUT2D eigenvalue weighted by atomic mass is 32.2. The van der Waals surface area contributed by atoms with Gasteiger partial charge in [0.15, 0.2) is 5.16 Å². The number of nitro benzene ring substituents is 1. The molecule has 0 bridgehead atoms. The zero-order chi connectivity index (χ0) is 20.5. The van der Waals surface area contributed by atoms with Crippen molar-refractivity contribution in [2.45, 2.75) is 17.3 Å². The van der Waals surface area contributed by atoms with Crippen LogP contribution in [-0.4, -0.2) is 42.8 Å². The normalized spacial score (nSPS) is 12.2. The number of thioether (sulfide) groups is 1. The second-order valence-electron chi connectivity index (χ2n) is 6.16. The maximum absolute atomic E-state index is 12.7. The van der Waals surface area contributed by atoms with Gasteiger partial charge in [-0.25, -0.2) is 10.1 Å². The summed E-state index contributed by atoms with van der Waals surface area (Å²) in [5.41, 5.74) is 1.80. The number of methoxy groups -OCH3 is 1. The molecule has 1 amide bonds. The van der Waals surface area contributed by atoms with Crippen molar-refractivity contribution in [3.05, 3.63) is 52.6 Å². The van der Waals surface area contributed by atoms with Gasteiger partial charge in [-0.1, -0.05) is 23.9 Å². The zero-order valence-corrected chi connectivity index (χ0v) is 16.3. The lowest BCUT2D eigenvalue weighted by atomic mass is 10.2. The molecule has 148 valence electrons. The predicted molar refractivity (Wildman–Crippen MR) is 108 cm³/mol. The number of benzene rings is 2. The molecule has 0 aliphatic carbocycles. The van der Waals surface area contributed by atoms with Gasteiger partial charge in [0.1, 0.15) is 5.75 Å². The molecule has 0 fully saturated rings. The number of carbonyl (C=O) groups excluding carboxylic acids is 1. The molecule has 0 aliphatic heterocycles. The van der Waals surface area contributed by atoms with E-state index in [-0.39, 0.29) is 17.3 Å². The Balaban J connectivity index is 1.57. The van der Waals surface area contributed by atoms with Crippen molar-refractivity contribution in [2.24, 2.45) is 0 Å². The molecule has 1 atom stereocenters. The quantitative estimate of drug-likeness (QED) is 0.283. The molecule has 29 heavy (non-hydrogen) atoms. The molecule has 0 radical (unpaired) electrons. The van der Waals surface area contributed by atoms with Gasteiger partial charge in [-0.2, -0.15) is 0 Å². The Morgan fingerprint density at radius 3 is 2.90 bits per heavy atom. The lowest BCUT2D eigenvalue weighted by Crippen LogP contribution is -2.23. The van der Waals surface area contributed by atoms with Gasteiger partial charge in [0, 0.05) is 12.1 Å². The number of H-pyrrole nitrogens is 1. The molecule has 0 saturated carbocycles. The Morgan fingerprint density at radius 2 is 2.14 bits per heavy atom. The number of aromatic amines is 1. The summed E-state index contributed by atoms with van der Waals surface area (Å²) in [5.74, 6) is 0.583. The summed E-state index contributed by atoms with van der Waals surface area (Å²) >= 11 is 1.24. The Labute approximate surface area is 168 Å². The number of anilines is 1. The Bertz CT molecular complexity index is 1230. The fourth-order valence-corrected chi connectivity index (χ4v) is 3.75. The Morgan fingerprint density at radius 1 is 1.34 bits per heavy atom. The molecule has 0 saturated heterocycles. The maximum Gasteiger partial charge on any atom is 0.271 e. The number of rotatable bonds is 6. The number of non-ortho nitro benzene ring substituents is 1. The summed E-state index contributed by atoms with van der Waals surface area (Å²) in [5, 5.41) is 20.9. The van der Waals surface area contributed by atoms with Gasteiger partial charge in [0.05, 0.1) is 34.0 Å². The molecule has 2 N–H and O–H groups in total. The van der Waals surface area contributed by atoms with Crippen LogP contribution in [0.25, 0.3) is 16.8 Å². The summed E-state index contributed by atoms with van der Waals surface area (Å²) in [6.45, 7) is 1.73. The van der Waals surface area contributed by atoms with E-state index in [4.69, 9.17) is 4.74 Å². The van der Waals surface area contributed by atoms with Crippen molar-refractivity contribution in [1.82, 2.24) is 19.6 Å². The van der Waals surface area contributed by atoms with Crippen LogP contribution in [0.5, 0.6) is 5.75 Å². The summed E-state index contributed by atoms with van der Waals surface area (Å²) < 4.78 is 7.03. The molecule has 10 nitrogen and oxygen atoms in total. The topological polar surface area (TPSA) is 127 Å². The van der Waals surface area contributed by atoms with Crippen LogP contribution in [0.15, 0.2) is 47.6 Å². The van der Waals surface area contributed by atoms with E-state index in [0.29, 0.717) is 16.7 Å². The first-order valence-corrected chi connectivity index (χ1v) is 9.47. The molecule has 0 spiro atoms. The van der Waals surface area contributed by atoms with Crippen LogP contribution in [0.4, 0.5) is 11.4 Å². The van der Waals surface area contributed by atoms with E-state index in [1.165, 1.54) is 37.1 Å². The average Bonchev–Trinajstić information content (AvgIpc) is 3.27. The first kappa shape index (κ1) is 18.7. The highest BCUT2D eigenvalue weighted by molar-refractivity contribution is 8.00. The number of nitro groups is 1. The third kappa shape index (κ3) is 3.47. The van der Waals surface area contributed by atoms with Crippen LogP contribution in [0.3, 0.4) is 0 Å². The Kier molecular flexibility index (Phi) is 4.80. The van der Waals surface area contributed by atoms with Crippen molar-refractivity contribution in [2.75, 3.05) is 12.4 Å². The highest BCUT2D eigenvalue weighted by Crippen LogP contribution is 2.31. The van der Waals surface area contributed by atoms with Gasteiger partial charge in [0.25, 0.3) is 5.69 Å². The minimum Gasteiger partial charge on any atom is -0.495 e. The first-order valence-electron chi connectivity index (χ1n) is 8.59. The van der Waals surface area contributed by atoms with Crippen LogP contribution < -0.4 is 10.1 Å². The lowest BCUT2D eigenvalue weighted by Gasteiger charge is -2.13. The van der Waals surface area contributed by atoms with E-state index >= 15 is 0 Å². The number of amides is 1. The lowest BCUT2D eigenvalue weighted by molar-refractivity contribution is -0.384. The van der Waals surface area contributed by atoms with E-state index < -0.39 is 10.2 Å². The van der Waals surface area contributed by atoms with Gasteiger partial charge in [0.2, 0.25) is 11.7 Å². The molecule has 2 aromatic heterocycles. The van der Waals surface area contributed by atoms with Gasteiger partial charge >= 0.3 is 0 Å². The first-order chi connectivity index (χ1) is 14.0. The SMILES string of the molecule is COc1ccc([N+](=O)[O-])cc1NC(=O)[C@H](C)Sc1n[nH]c2nc3ccccc3n12. The van der Waals surface area contributed by atoms with Crippen molar-refractivity contribution < 1.29 is 14.5 Å². The molecule has 0 aliphatic rings. The van der Waals surface area contributed by atoms with Crippen LogP contribution in [-0.2, 0) is 4.79 Å². The second kappa shape index (κ2) is 7.43. The van der Waals surface area contributed by atoms with E-state index in [1.807, 2.05) is 28.7 Å². The number of ether oxygens (including phenoxy) is 1. The molecular formula is C18H16N6O4S. The largest absolute Gasteiger partial charge is 0.495 e. The number of nitrogens with zero attached hydrogens (tertiary/aromatic N) is 4. The van der Waals surface area contributed by atoms with Crippen molar-refractivity contribution in [1.29, 1.82) is 0 Å². The molecule has 2 aromatic carbocycles. The summed E-state index contributed by atoms with van der Waals surface area (Å²) in [4.78, 5) is 27.6. The van der Waals surface area contributed by atoms with E-state index in [9.17, 15) is 14.9 Å². The third-order valence-corrected chi connectivity index (χ3v) is 5.36. The number of fused-ring (bicyclic) bond motifs is 3. The van der Waals surface area contributed by atoms with Gasteiger partial charge < -0.3 is 10.1 Å².